The van der Waals surface area contributed by atoms with E-state index in [4.69, 9.17) is 29.6 Å². The molecule has 5 nitrogen and oxygen atoms in total. The van der Waals surface area contributed by atoms with E-state index < -0.39 is 0 Å². The van der Waals surface area contributed by atoms with Crippen molar-refractivity contribution in [3.63, 3.8) is 0 Å². The Morgan fingerprint density at radius 2 is 1.95 bits per heavy atom. The lowest BCUT2D eigenvalue weighted by molar-refractivity contribution is 0.158. The number of piperazine rings is 1. The van der Waals surface area contributed by atoms with E-state index in [0.717, 1.165) is 13.1 Å². The molecule has 7 heteroatoms. The van der Waals surface area contributed by atoms with Crippen LogP contribution >= 0.6 is 23.8 Å². The van der Waals surface area contributed by atoms with Crippen molar-refractivity contribution in [1.29, 1.82) is 0 Å². The van der Waals surface area contributed by atoms with Gasteiger partial charge in [-0.15, -0.1) is 0 Å². The van der Waals surface area contributed by atoms with Crippen LogP contribution in [0, 0.1) is 0 Å². The molecule has 1 aromatic rings. The van der Waals surface area contributed by atoms with Crippen LogP contribution in [0.25, 0.3) is 0 Å². The monoisotopic (exact) mass is 312 g/mol. The number of hydrogen-bond donors (Lipinski definition) is 2. The molecule has 1 saturated heterocycles. The van der Waals surface area contributed by atoms with E-state index in [1.165, 1.54) is 0 Å². The highest BCUT2D eigenvalue weighted by Gasteiger charge is 2.21. The van der Waals surface area contributed by atoms with Crippen LogP contribution in [0.1, 0.15) is 0 Å². The third kappa shape index (κ3) is 4.06. The first-order valence-corrected chi connectivity index (χ1v) is 7.16. The minimum atomic E-state index is -0.131. The molecule has 2 amide bonds. The first kappa shape index (κ1) is 15.0. The van der Waals surface area contributed by atoms with E-state index in [1.54, 1.807) is 17.0 Å². The van der Waals surface area contributed by atoms with Gasteiger partial charge in [0.25, 0.3) is 0 Å². The van der Waals surface area contributed by atoms with E-state index in [0.29, 0.717) is 35.3 Å². The molecular weight excluding hydrogens is 296 g/mol. The van der Waals surface area contributed by atoms with Crippen molar-refractivity contribution < 1.29 is 4.79 Å². The molecule has 2 rings (SSSR count). The molecule has 0 atom stereocenters. The molecule has 0 unspecified atom stereocenters. The smallest absolute Gasteiger partial charge is 0.321 e. The summed E-state index contributed by atoms with van der Waals surface area (Å²) in [6.45, 7) is 3.45. The molecule has 1 fully saturated rings. The van der Waals surface area contributed by atoms with Crippen LogP contribution in [0.15, 0.2) is 24.3 Å². The molecule has 1 aliphatic rings. The number of nitrogens with two attached hydrogens (primary N) is 1. The SMILES string of the molecule is NC(=S)CN1CCN(C(=O)Nc2ccccc2Cl)CC1. The fraction of sp³-hybridized carbons (Fsp3) is 0.385. The van der Waals surface area contributed by atoms with Crippen LogP contribution in [-0.2, 0) is 0 Å². The van der Waals surface area contributed by atoms with Crippen molar-refractivity contribution in [3.8, 4) is 0 Å². The van der Waals surface area contributed by atoms with Crippen LogP contribution in [0.5, 0.6) is 0 Å². The number of hydrogen-bond acceptors (Lipinski definition) is 3. The van der Waals surface area contributed by atoms with Gasteiger partial charge in [-0.2, -0.15) is 0 Å². The number of rotatable bonds is 3. The average Bonchev–Trinajstić information content (AvgIpc) is 2.41. The molecule has 108 valence electrons. The lowest BCUT2D eigenvalue weighted by Crippen LogP contribution is -2.51. The molecule has 0 saturated carbocycles. The average molecular weight is 313 g/mol. The summed E-state index contributed by atoms with van der Waals surface area (Å²) >= 11 is 10.9. The summed E-state index contributed by atoms with van der Waals surface area (Å²) in [7, 11) is 0. The van der Waals surface area contributed by atoms with Gasteiger partial charge in [0.1, 0.15) is 0 Å². The Hall–Kier alpha value is -1.37. The molecule has 20 heavy (non-hydrogen) atoms. The lowest BCUT2D eigenvalue weighted by Gasteiger charge is -2.34. The quantitative estimate of drug-likeness (QED) is 0.835. The van der Waals surface area contributed by atoms with Crippen molar-refractivity contribution in [2.75, 3.05) is 38.0 Å². The lowest BCUT2D eigenvalue weighted by atomic mass is 10.3. The fourth-order valence-corrected chi connectivity index (χ4v) is 2.45. The zero-order chi connectivity index (χ0) is 14.5. The molecule has 0 aliphatic carbocycles. The molecule has 0 radical (unpaired) electrons. The number of para-hydroxylation sites is 1. The van der Waals surface area contributed by atoms with Gasteiger partial charge in [0.15, 0.2) is 0 Å². The zero-order valence-electron chi connectivity index (χ0n) is 11.0. The Balaban J connectivity index is 1.86. The summed E-state index contributed by atoms with van der Waals surface area (Å²) < 4.78 is 0. The van der Waals surface area contributed by atoms with Crippen molar-refractivity contribution in [1.82, 2.24) is 9.80 Å². The van der Waals surface area contributed by atoms with Gasteiger partial charge in [-0.1, -0.05) is 36.0 Å². The second-order valence-electron chi connectivity index (χ2n) is 4.64. The van der Waals surface area contributed by atoms with Crippen LogP contribution < -0.4 is 11.1 Å². The van der Waals surface area contributed by atoms with E-state index in [-0.39, 0.29) is 6.03 Å². The van der Waals surface area contributed by atoms with Gasteiger partial charge < -0.3 is 16.0 Å². The second kappa shape index (κ2) is 6.88. The third-order valence-electron chi connectivity index (χ3n) is 3.15. The van der Waals surface area contributed by atoms with Gasteiger partial charge >= 0.3 is 6.03 Å². The number of amides is 2. The first-order chi connectivity index (χ1) is 9.56. The van der Waals surface area contributed by atoms with Crippen molar-refractivity contribution in [3.05, 3.63) is 29.3 Å². The molecule has 3 N–H and O–H groups in total. The predicted molar refractivity (Wildman–Crippen MR) is 85.3 cm³/mol. The minimum absolute atomic E-state index is 0.131. The number of benzene rings is 1. The van der Waals surface area contributed by atoms with Gasteiger partial charge in [0.05, 0.1) is 15.7 Å². The highest BCUT2D eigenvalue weighted by atomic mass is 35.5. The minimum Gasteiger partial charge on any atom is -0.392 e. The number of carbonyl (C=O) groups excluding carboxylic acids is 1. The van der Waals surface area contributed by atoms with Gasteiger partial charge in [0.2, 0.25) is 0 Å². The van der Waals surface area contributed by atoms with Gasteiger partial charge in [-0.05, 0) is 12.1 Å². The van der Waals surface area contributed by atoms with Crippen LogP contribution in [0.4, 0.5) is 10.5 Å². The van der Waals surface area contributed by atoms with Crippen LogP contribution in [-0.4, -0.2) is 53.5 Å². The maximum Gasteiger partial charge on any atom is 0.321 e. The number of carbonyl (C=O) groups is 1. The second-order valence-corrected chi connectivity index (χ2v) is 5.57. The molecule has 0 bridgehead atoms. The summed E-state index contributed by atoms with van der Waals surface area (Å²) in [6, 6.07) is 7.06. The molecular formula is C13H17ClN4OS. The van der Waals surface area contributed by atoms with Crippen molar-refractivity contribution in [2.45, 2.75) is 0 Å². The molecule has 1 aliphatic heterocycles. The number of urea groups is 1. The fourth-order valence-electron chi connectivity index (χ4n) is 2.09. The molecule has 1 aromatic carbocycles. The predicted octanol–water partition coefficient (Wildman–Crippen LogP) is 1.78. The third-order valence-corrected chi connectivity index (χ3v) is 3.61. The van der Waals surface area contributed by atoms with Gasteiger partial charge in [0, 0.05) is 32.7 Å². The highest BCUT2D eigenvalue weighted by Crippen LogP contribution is 2.20. The first-order valence-electron chi connectivity index (χ1n) is 6.37. The van der Waals surface area contributed by atoms with E-state index >= 15 is 0 Å². The number of anilines is 1. The van der Waals surface area contributed by atoms with Crippen molar-refractivity contribution in [2.24, 2.45) is 5.73 Å². The van der Waals surface area contributed by atoms with Crippen LogP contribution in [0.2, 0.25) is 5.02 Å². The normalized spacial score (nSPS) is 15.9. The Kier molecular flexibility index (Phi) is 5.17. The standard InChI is InChI=1S/C13H17ClN4OS/c14-10-3-1-2-4-11(10)16-13(19)18-7-5-17(6-8-18)9-12(15)20/h1-4H,5-9H2,(H2,15,20)(H,16,19). The summed E-state index contributed by atoms with van der Waals surface area (Å²) in [6.07, 6.45) is 0. The van der Waals surface area contributed by atoms with Crippen molar-refractivity contribution >= 4 is 40.5 Å². The van der Waals surface area contributed by atoms with E-state index in [1.807, 2.05) is 12.1 Å². The topological polar surface area (TPSA) is 61.6 Å². The van der Waals surface area contributed by atoms with E-state index in [2.05, 4.69) is 10.2 Å². The maximum absolute atomic E-state index is 12.1. The Morgan fingerprint density at radius 1 is 1.30 bits per heavy atom. The Bertz CT molecular complexity index is 503. The van der Waals surface area contributed by atoms with E-state index in [9.17, 15) is 4.79 Å². The number of nitrogens with one attached hydrogen (secondary N) is 1. The summed E-state index contributed by atoms with van der Waals surface area (Å²) in [5, 5.41) is 3.36. The largest absolute Gasteiger partial charge is 0.392 e. The summed E-state index contributed by atoms with van der Waals surface area (Å²) in [5.41, 5.74) is 6.15. The number of nitrogens with zero attached hydrogens (tertiary/aromatic N) is 2. The molecule has 0 spiro atoms. The Labute approximate surface area is 128 Å². The molecule has 0 aromatic heterocycles. The van der Waals surface area contributed by atoms with Crippen LogP contribution in [0.3, 0.4) is 0 Å². The zero-order valence-corrected chi connectivity index (χ0v) is 12.6. The summed E-state index contributed by atoms with van der Waals surface area (Å²) in [5.74, 6) is 0. The maximum atomic E-state index is 12.1. The van der Waals surface area contributed by atoms with Gasteiger partial charge in [-0.25, -0.2) is 4.79 Å². The van der Waals surface area contributed by atoms with Gasteiger partial charge in [-0.3, -0.25) is 4.90 Å². The number of thiocarbonyl (C=S) groups is 1. The Morgan fingerprint density at radius 3 is 2.55 bits per heavy atom. The summed E-state index contributed by atoms with van der Waals surface area (Å²) in [4.78, 5) is 16.5. The molecule has 1 heterocycles. The number of halogens is 1. The highest BCUT2D eigenvalue weighted by molar-refractivity contribution is 7.80.